The van der Waals surface area contributed by atoms with Crippen LogP contribution in [0.5, 0.6) is 0 Å². The molecule has 0 radical (unpaired) electrons. The second-order valence-corrected chi connectivity index (χ2v) is 5.49. The van der Waals surface area contributed by atoms with Gasteiger partial charge in [-0.25, -0.2) is 19.3 Å². The van der Waals surface area contributed by atoms with Crippen LogP contribution < -0.4 is 11.1 Å². The molecule has 2 heterocycles. The van der Waals surface area contributed by atoms with Crippen LogP contribution in [-0.2, 0) is 6.54 Å². The minimum atomic E-state index is -0.464. The molecule has 8 heteroatoms. The Balaban J connectivity index is 1.78. The van der Waals surface area contributed by atoms with Crippen LogP contribution in [0.1, 0.15) is 27.3 Å². The highest BCUT2D eigenvalue weighted by molar-refractivity contribution is 5.96. The van der Waals surface area contributed by atoms with Gasteiger partial charge in [0, 0.05) is 6.54 Å². The van der Waals surface area contributed by atoms with Crippen LogP contribution in [0.15, 0.2) is 35.1 Å². The standard InChI is InChI=1S/C17H16FN5O2/c1-9-7-11(3-4-12(9)18)8-21-16(24)14-15(19)23-13(10(2)22-14)17-20-5-6-25-17/h3-7H,8H2,1-2H3,(H2,19,23)(H,21,24). The van der Waals surface area contributed by atoms with Crippen LogP contribution in [0.25, 0.3) is 11.6 Å². The van der Waals surface area contributed by atoms with Crippen LogP contribution in [0.4, 0.5) is 10.2 Å². The fourth-order valence-corrected chi connectivity index (χ4v) is 2.33. The van der Waals surface area contributed by atoms with E-state index in [0.29, 0.717) is 17.0 Å². The first-order valence-electron chi connectivity index (χ1n) is 7.53. The van der Waals surface area contributed by atoms with E-state index in [-0.39, 0.29) is 29.8 Å². The van der Waals surface area contributed by atoms with Crippen molar-refractivity contribution < 1.29 is 13.6 Å². The van der Waals surface area contributed by atoms with Gasteiger partial charge >= 0.3 is 0 Å². The molecule has 0 atom stereocenters. The Hall–Kier alpha value is -3.29. The van der Waals surface area contributed by atoms with E-state index >= 15 is 0 Å². The molecule has 3 N–H and O–H groups in total. The third kappa shape index (κ3) is 3.47. The Morgan fingerprint density at radius 3 is 2.80 bits per heavy atom. The number of nitrogens with two attached hydrogens (primary N) is 1. The van der Waals surface area contributed by atoms with Crippen molar-refractivity contribution in [1.82, 2.24) is 20.3 Å². The van der Waals surface area contributed by atoms with Gasteiger partial charge in [-0.1, -0.05) is 12.1 Å². The number of oxazole rings is 1. The molecule has 0 unspecified atom stereocenters. The highest BCUT2D eigenvalue weighted by Gasteiger charge is 2.18. The van der Waals surface area contributed by atoms with Gasteiger partial charge in [0.1, 0.15) is 17.8 Å². The molecule has 0 bridgehead atoms. The SMILES string of the molecule is Cc1cc(CNC(=O)c2nc(C)c(-c3ncco3)nc2N)ccc1F. The minimum absolute atomic E-state index is 0.0200. The zero-order valence-electron chi connectivity index (χ0n) is 13.7. The zero-order valence-corrected chi connectivity index (χ0v) is 13.7. The number of anilines is 1. The van der Waals surface area contributed by atoms with Gasteiger partial charge in [-0.2, -0.15) is 0 Å². The van der Waals surface area contributed by atoms with Crippen molar-refractivity contribution in [3.63, 3.8) is 0 Å². The van der Waals surface area contributed by atoms with Crippen LogP contribution >= 0.6 is 0 Å². The molecule has 0 aliphatic carbocycles. The lowest BCUT2D eigenvalue weighted by atomic mass is 10.1. The summed E-state index contributed by atoms with van der Waals surface area (Å²) in [5.74, 6) is -0.492. The lowest BCUT2D eigenvalue weighted by Gasteiger charge is -2.09. The van der Waals surface area contributed by atoms with E-state index in [4.69, 9.17) is 10.2 Å². The smallest absolute Gasteiger partial charge is 0.273 e. The number of benzene rings is 1. The molecule has 25 heavy (non-hydrogen) atoms. The maximum absolute atomic E-state index is 13.3. The summed E-state index contributed by atoms with van der Waals surface area (Å²) in [6.07, 6.45) is 2.90. The van der Waals surface area contributed by atoms with Crippen molar-refractivity contribution in [3.05, 3.63) is 59.0 Å². The third-order valence-corrected chi connectivity index (χ3v) is 3.62. The second kappa shape index (κ2) is 6.68. The van der Waals surface area contributed by atoms with Gasteiger partial charge < -0.3 is 15.5 Å². The summed E-state index contributed by atoms with van der Waals surface area (Å²) in [6, 6.07) is 4.64. The molecule has 1 amide bonds. The van der Waals surface area contributed by atoms with E-state index < -0.39 is 5.91 Å². The van der Waals surface area contributed by atoms with Gasteiger partial charge in [-0.05, 0) is 31.0 Å². The molecule has 128 valence electrons. The van der Waals surface area contributed by atoms with E-state index in [0.717, 1.165) is 5.56 Å². The summed E-state index contributed by atoms with van der Waals surface area (Å²) in [6.45, 7) is 3.57. The number of hydrogen-bond donors (Lipinski definition) is 2. The summed E-state index contributed by atoms with van der Waals surface area (Å²) in [7, 11) is 0. The lowest BCUT2D eigenvalue weighted by molar-refractivity contribution is 0.0946. The Kier molecular flexibility index (Phi) is 4.42. The number of aryl methyl sites for hydroxylation is 2. The highest BCUT2D eigenvalue weighted by Crippen LogP contribution is 2.20. The minimum Gasteiger partial charge on any atom is -0.443 e. The molecule has 0 spiro atoms. The number of halogens is 1. The van der Waals surface area contributed by atoms with E-state index in [1.54, 1.807) is 26.0 Å². The molecule has 7 nitrogen and oxygen atoms in total. The molecule has 0 aliphatic rings. The first kappa shape index (κ1) is 16.6. The summed E-state index contributed by atoms with van der Waals surface area (Å²) < 4.78 is 18.5. The number of nitrogens with zero attached hydrogens (tertiary/aromatic N) is 3. The summed E-state index contributed by atoms with van der Waals surface area (Å²) >= 11 is 0. The number of carbonyl (C=O) groups is 1. The first-order chi connectivity index (χ1) is 12.0. The molecule has 0 saturated carbocycles. The second-order valence-electron chi connectivity index (χ2n) is 5.49. The fourth-order valence-electron chi connectivity index (χ4n) is 2.33. The van der Waals surface area contributed by atoms with E-state index in [1.165, 1.54) is 18.5 Å². The summed E-state index contributed by atoms with van der Waals surface area (Å²) in [5, 5.41) is 2.70. The summed E-state index contributed by atoms with van der Waals surface area (Å²) in [5.41, 5.74) is 8.01. The lowest BCUT2D eigenvalue weighted by Crippen LogP contribution is -2.26. The molecule has 3 aromatic rings. The van der Waals surface area contributed by atoms with E-state index in [1.807, 2.05) is 0 Å². The Morgan fingerprint density at radius 2 is 2.12 bits per heavy atom. The number of aromatic nitrogens is 3. The number of carbonyl (C=O) groups excluding carboxylic acids is 1. The third-order valence-electron chi connectivity index (χ3n) is 3.62. The van der Waals surface area contributed by atoms with Crippen LogP contribution in [0, 0.1) is 19.7 Å². The maximum atomic E-state index is 13.3. The highest BCUT2D eigenvalue weighted by atomic mass is 19.1. The molecule has 2 aromatic heterocycles. The molecule has 3 rings (SSSR count). The average Bonchev–Trinajstić information content (AvgIpc) is 3.11. The molecule has 0 saturated heterocycles. The van der Waals surface area contributed by atoms with Crippen molar-refractivity contribution in [3.8, 4) is 11.6 Å². The van der Waals surface area contributed by atoms with E-state index in [2.05, 4.69) is 20.3 Å². The van der Waals surface area contributed by atoms with Crippen molar-refractivity contribution in [1.29, 1.82) is 0 Å². The number of rotatable bonds is 4. The van der Waals surface area contributed by atoms with Crippen LogP contribution in [0.3, 0.4) is 0 Å². The van der Waals surface area contributed by atoms with Crippen molar-refractivity contribution >= 4 is 11.7 Å². The quantitative estimate of drug-likeness (QED) is 0.754. The fraction of sp³-hybridized carbons (Fsp3) is 0.176. The van der Waals surface area contributed by atoms with Gasteiger partial charge in [0.05, 0.1) is 11.9 Å². The predicted molar refractivity (Wildman–Crippen MR) is 89.0 cm³/mol. The number of nitrogens with one attached hydrogen (secondary N) is 1. The monoisotopic (exact) mass is 341 g/mol. The van der Waals surface area contributed by atoms with Gasteiger partial charge in [0.15, 0.2) is 11.5 Å². The molecular weight excluding hydrogens is 325 g/mol. The van der Waals surface area contributed by atoms with Crippen molar-refractivity contribution in [2.75, 3.05) is 5.73 Å². The van der Waals surface area contributed by atoms with Gasteiger partial charge in [0.25, 0.3) is 5.91 Å². The van der Waals surface area contributed by atoms with Crippen LogP contribution in [0.2, 0.25) is 0 Å². The summed E-state index contributed by atoms with van der Waals surface area (Å²) in [4.78, 5) is 24.7. The number of hydrogen-bond acceptors (Lipinski definition) is 6. The topological polar surface area (TPSA) is 107 Å². The Labute approximate surface area is 143 Å². The van der Waals surface area contributed by atoms with E-state index in [9.17, 15) is 9.18 Å². The normalized spacial score (nSPS) is 10.7. The van der Waals surface area contributed by atoms with Gasteiger partial charge in [0.2, 0.25) is 5.89 Å². The maximum Gasteiger partial charge on any atom is 0.273 e. The first-order valence-corrected chi connectivity index (χ1v) is 7.53. The van der Waals surface area contributed by atoms with Crippen molar-refractivity contribution in [2.45, 2.75) is 20.4 Å². The Morgan fingerprint density at radius 1 is 1.32 bits per heavy atom. The van der Waals surface area contributed by atoms with Crippen LogP contribution in [-0.4, -0.2) is 20.9 Å². The Bertz CT molecular complexity index is 925. The average molecular weight is 341 g/mol. The molecule has 0 aliphatic heterocycles. The zero-order chi connectivity index (χ0) is 18.0. The number of amides is 1. The molecule has 1 aromatic carbocycles. The molecular formula is C17H16FN5O2. The van der Waals surface area contributed by atoms with Gasteiger partial charge in [-0.15, -0.1) is 0 Å². The predicted octanol–water partition coefficient (Wildman–Crippen LogP) is 2.40. The van der Waals surface area contributed by atoms with Crippen molar-refractivity contribution in [2.24, 2.45) is 0 Å². The largest absolute Gasteiger partial charge is 0.443 e. The number of nitrogen functional groups attached to an aromatic ring is 1. The molecule has 0 fully saturated rings. The van der Waals surface area contributed by atoms with Gasteiger partial charge in [-0.3, -0.25) is 4.79 Å².